The predicted molar refractivity (Wildman–Crippen MR) is 236 cm³/mol. The molecule has 9 aliphatic carbocycles. The Balaban J connectivity index is 1.01. The number of halogens is 2. The van der Waals surface area contributed by atoms with Gasteiger partial charge in [-0.25, -0.2) is 8.78 Å². The minimum atomic E-state index is -0.629. The van der Waals surface area contributed by atoms with Gasteiger partial charge in [0.25, 0.3) is 0 Å². The molecule has 0 aliphatic heterocycles. The fraction of sp³-hybridized carbons (Fsp3) is 0.368. The molecule has 8 bridgehead atoms. The standard InChI is InChI=1S/C57H52F2O2/c58-45-3-1-5-49(27-45)60-47-13-7-41(8-14-47)57(42-9-15-48(16-10-42)61-50-6-2-4-46(59)28-50)53-25-43(55-29-35-19-36(30-55)21-37(20-35)31-55)11-17-51(53)52-18-12-44(26-54(52)57)56-32-38-22-39(33-56)24-40(23-38)34-56/h1-18,25-28,35-40H,19-24,29-34H2. The van der Waals surface area contributed by atoms with Crippen molar-refractivity contribution in [3.05, 3.63) is 178 Å². The molecule has 2 nitrogen and oxygen atoms in total. The van der Waals surface area contributed by atoms with Crippen molar-refractivity contribution in [2.24, 2.45) is 35.5 Å². The molecule has 61 heavy (non-hydrogen) atoms. The first-order valence-electron chi connectivity index (χ1n) is 23.2. The lowest BCUT2D eigenvalue weighted by Gasteiger charge is -2.57. The summed E-state index contributed by atoms with van der Waals surface area (Å²) in [5, 5.41) is 0. The molecule has 0 atom stereocenters. The smallest absolute Gasteiger partial charge is 0.130 e. The average Bonchev–Trinajstić information content (AvgIpc) is 3.53. The number of rotatable bonds is 8. The van der Waals surface area contributed by atoms with E-state index in [-0.39, 0.29) is 22.5 Å². The van der Waals surface area contributed by atoms with E-state index in [4.69, 9.17) is 9.47 Å². The van der Waals surface area contributed by atoms with E-state index >= 15 is 0 Å². The molecule has 0 spiro atoms. The van der Waals surface area contributed by atoms with Crippen LogP contribution in [0.2, 0.25) is 0 Å². The van der Waals surface area contributed by atoms with E-state index in [1.54, 1.807) is 24.3 Å². The summed E-state index contributed by atoms with van der Waals surface area (Å²) in [6.45, 7) is 0. The fourth-order valence-corrected chi connectivity index (χ4v) is 15.6. The van der Waals surface area contributed by atoms with Gasteiger partial charge in [-0.05, 0) is 216 Å². The Morgan fingerprint density at radius 3 is 1.05 bits per heavy atom. The molecule has 0 unspecified atom stereocenters. The molecule has 6 aromatic carbocycles. The van der Waals surface area contributed by atoms with Crippen LogP contribution < -0.4 is 9.47 Å². The minimum absolute atomic E-state index is 0.236. The van der Waals surface area contributed by atoms with Gasteiger partial charge in [0, 0.05) is 12.1 Å². The second kappa shape index (κ2) is 13.4. The maximum absolute atomic E-state index is 14.3. The van der Waals surface area contributed by atoms with Crippen LogP contribution in [0.3, 0.4) is 0 Å². The number of hydrogen-bond acceptors (Lipinski definition) is 2. The van der Waals surface area contributed by atoms with E-state index in [1.807, 2.05) is 0 Å². The van der Waals surface area contributed by atoms with Crippen LogP contribution in [-0.4, -0.2) is 0 Å². The first kappa shape index (κ1) is 36.4. The molecule has 15 rings (SSSR count). The van der Waals surface area contributed by atoms with Gasteiger partial charge in [-0.2, -0.15) is 0 Å². The second-order valence-corrected chi connectivity index (χ2v) is 20.8. The molecule has 8 fully saturated rings. The molecule has 0 N–H and O–H groups in total. The van der Waals surface area contributed by atoms with Crippen LogP contribution in [-0.2, 0) is 16.2 Å². The molecule has 0 aromatic heterocycles. The maximum atomic E-state index is 14.3. The van der Waals surface area contributed by atoms with Gasteiger partial charge in [-0.3, -0.25) is 0 Å². The summed E-state index contributed by atoms with van der Waals surface area (Å²) in [7, 11) is 0. The molecular weight excluding hydrogens is 755 g/mol. The summed E-state index contributed by atoms with van der Waals surface area (Å²) in [6.07, 6.45) is 16.4. The molecule has 0 heterocycles. The molecule has 4 heteroatoms. The molecule has 0 amide bonds. The van der Waals surface area contributed by atoms with E-state index in [0.29, 0.717) is 23.0 Å². The van der Waals surface area contributed by atoms with Crippen molar-refractivity contribution < 1.29 is 18.3 Å². The Labute approximate surface area is 358 Å². The minimum Gasteiger partial charge on any atom is -0.457 e. The summed E-state index contributed by atoms with van der Waals surface area (Å²) in [5.74, 6) is 6.76. The van der Waals surface area contributed by atoms with Gasteiger partial charge in [0.15, 0.2) is 0 Å². The highest BCUT2D eigenvalue weighted by Crippen LogP contribution is 2.65. The summed E-state index contributed by atoms with van der Waals surface area (Å²) < 4.78 is 41.0. The SMILES string of the molecule is Fc1cccc(Oc2ccc(C3(c4ccc(Oc5cccc(F)c5)cc4)c4cc(C56CC7CC(CC(C7)C5)C6)ccc4-c4ccc(C56CC7CC(CC(C7)C5)C6)cc43)cc2)c1. The van der Waals surface area contributed by atoms with Gasteiger partial charge in [-0.15, -0.1) is 0 Å². The predicted octanol–water partition coefficient (Wildman–Crippen LogP) is 14.8. The number of hydrogen-bond donors (Lipinski definition) is 0. The molecule has 306 valence electrons. The number of benzene rings is 6. The third-order valence-corrected chi connectivity index (χ3v) is 17.1. The Bertz CT molecular complexity index is 2440. The topological polar surface area (TPSA) is 18.5 Å². The van der Waals surface area contributed by atoms with Crippen molar-refractivity contribution in [2.45, 2.75) is 93.3 Å². The first-order chi connectivity index (χ1) is 29.8. The Hall–Kier alpha value is -5.22. The molecule has 8 saturated carbocycles. The van der Waals surface area contributed by atoms with Gasteiger partial charge < -0.3 is 9.47 Å². The van der Waals surface area contributed by atoms with Crippen LogP contribution in [0.5, 0.6) is 23.0 Å². The van der Waals surface area contributed by atoms with Crippen molar-refractivity contribution >= 4 is 0 Å². The van der Waals surface area contributed by atoms with Gasteiger partial charge >= 0.3 is 0 Å². The van der Waals surface area contributed by atoms with Crippen molar-refractivity contribution in [3.63, 3.8) is 0 Å². The molecule has 6 aromatic rings. The lowest BCUT2D eigenvalue weighted by Crippen LogP contribution is -2.48. The highest BCUT2D eigenvalue weighted by molar-refractivity contribution is 5.87. The molecular formula is C57H52F2O2. The molecule has 0 saturated heterocycles. The second-order valence-electron chi connectivity index (χ2n) is 20.8. The Morgan fingerprint density at radius 2 is 0.705 bits per heavy atom. The van der Waals surface area contributed by atoms with Crippen LogP contribution in [0.1, 0.15) is 110 Å². The van der Waals surface area contributed by atoms with Crippen molar-refractivity contribution in [1.82, 2.24) is 0 Å². The lowest BCUT2D eigenvalue weighted by atomic mass is 9.47. The zero-order valence-corrected chi connectivity index (χ0v) is 34.7. The summed E-state index contributed by atoms with van der Waals surface area (Å²) in [5.41, 5.74) is 10.6. The van der Waals surface area contributed by atoms with E-state index in [1.165, 1.54) is 146 Å². The first-order valence-corrected chi connectivity index (χ1v) is 23.2. The Morgan fingerprint density at radius 1 is 0.361 bits per heavy atom. The van der Waals surface area contributed by atoms with Crippen LogP contribution in [0.25, 0.3) is 11.1 Å². The van der Waals surface area contributed by atoms with E-state index in [0.717, 1.165) is 35.5 Å². The average molecular weight is 807 g/mol. The molecule has 9 aliphatic rings. The van der Waals surface area contributed by atoms with Crippen molar-refractivity contribution in [3.8, 4) is 34.1 Å². The van der Waals surface area contributed by atoms with Crippen molar-refractivity contribution in [1.29, 1.82) is 0 Å². The van der Waals surface area contributed by atoms with Gasteiger partial charge in [0.05, 0.1) is 5.41 Å². The largest absolute Gasteiger partial charge is 0.457 e. The van der Waals surface area contributed by atoms with Crippen LogP contribution in [0.15, 0.2) is 133 Å². The summed E-state index contributed by atoms with van der Waals surface area (Å²) in [4.78, 5) is 0. The van der Waals surface area contributed by atoms with E-state index < -0.39 is 5.41 Å². The zero-order chi connectivity index (χ0) is 40.5. The lowest BCUT2D eigenvalue weighted by molar-refractivity contribution is -0.00530. The van der Waals surface area contributed by atoms with Crippen LogP contribution >= 0.6 is 0 Å². The zero-order valence-electron chi connectivity index (χ0n) is 34.7. The highest BCUT2D eigenvalue weighted by Gasteiger charge is 2.55. The van der Waals surface area contributed by atoms with E-state index in [9.17, 15) is 8.78 Å². The number of ether oxygens (including phenoxy) is 2. The third kappa shape index (κ3) is 5.76. The van der Waals surface area contributed by atoms with Gasteiger partial charge in [0.1, 0.15) is 34.6 Å². The highest BCUT2D eigenvalue weighted by atomic mass is 19.1. The normalized spacial score (nSPS) is 30.6. The number of fused-ring (bicyclic) bond motifs is 3. The monoisotopic (exact) mass is 806 g/mol. The summed E-state index contributed by atoms with van der Waals surface area (Å²) >= 11 is 0. The van der Waals surface area contributed by atoms with Crippen LogP contribution in [0, 0.1) is 47.1 Å². The van der Waals surface area contributed by atoms with Gasteiger partial charge in [0.2, 0.25) is 0 Å². The fourth-order valence-electron chi connectivity index (χ4n) is 15.6. The maximum Gasteiger partial charge on any atom is 0.130 e. The van der Waals surface area contributed by atoms with Crippen LogP contribution in [0.4, 0.5) is 8.78 Å². The molecule has 0 radical (unpaired) electrons. The van der Waals surface area contributed by atoms with E-state index in [2.05, 4.69) is 84.9 Å². The Kier molecular flexibility index (Phi) is 8.00. The third-order valence-electron chi connectivity index (χ3n) is 17.1. The summed E-state index contributed by atoms with van der Waals surface area (Å²) in [6, 6.07) is 45.3. The van der Waals surface area contributed by atoms with Gasteiger partial charge in [-0.1, -0.05) is 72.8 Å². The van der Waals surface area contributed by atoms with Crippen molar-refractivity contribution in [2.75, 3.05) is 0 Å². The quantitative estimate of drug-likeness (QED) is 0.152.